The van der Waals surface area contributed by atoms with E-state index >= 15 is 0 Å². The quantitative estimate of drug-likeness (QED) is 0.790. The molecule has 0 saturated carbocycles. The van der Waals surface area contributed by atoms with Crippen molar-refractivity contribution < 1.29 is 4.74 Å². The molecule has 3 heteroatoms. The van der Waals surface area contributed by atoms with Gasteiger partial charge in [-0.05, 0) is 30.5 Å². The third-order valence-corrected chi connectivity index (χ3v) is 3.16. The van der Waals surface area contributed by atoms with E-state index in [1.165, 1.54) is 5.56 Å². The SMILES string of the molecule is COc1cccc2c1NC(C(C)CN)C2. The molecular weight excluding hydrogens is 188 g/mol. The minimum absolute atomic E-state index is 0.446. The molecule has 1 aromatic rings. The largest absolute Gasteiger partial charge is 0.495 e. The van der Waals surface area contributed by atoms with E-state index < -0.39 is 0 Å². The molecule has 0 radical (unpaired) electrons. The van der Waals surface area contributed by atoms with Gasteiger partial charge in [-0.3, -0.25) is 0 Å². The first-order valence-corrected chi connectivity index (χ1v) is 5.38. The van der Waals surface area contributed by atoms with Gasteiger partial charge >= 0.3 is 0 Å². The van der Waals surface area contributed by atoms with Gasteiger partial charge in [0.25, 0.3) is 0 Å². The molecule has 0 saturated heterocycles. The van der Waals surface area contributed by atoms with Gasteiger partial charge in [0.1, 0.15) is 5.75 Å². The zero-order valence-corrected chi connectivity index (χ0v) is 9.29. The number of nitrogens with two attached hydrogens (primary N) is 1. The molecule has 3 N–H and O–H groups in total. The summed E-state index contributed by atoms with van der Waals surface area (Å²) in [5.41, 5.74) is 8.16. The Labute approximate surface area is 90.6 Å². The minimum Gasteiger partial charge on any atom is -0.495 e. The predicted octanol–water partition coefficient (Wildman–Crippen LogP) is 1.63. The van der Waals surface area contributed by atoms with Crippen molar-refractivity contribution in [2.24, 2.45) is 11.7 Å². The van der Waals surface area contributed by atoms with Crippen molar-refractivity contribution in [1.82, 2.24) is 0 Å². The number of para-hydroxylation sites is 1. The summed E-state index contributed by atoms with van der Waals surface area (Å²) in [5, 5.41) is 3.50. The minimum atomic E-state index is 0.446. The predicted molar refractivity (Wildman–Crippen MR) is 62.3 cm³/mol. The Hall–Kier alpha value is -1.22. The smallest absolute Gasteiger partial charge is 0.142 e. The normalized spacial score (nSPS) is 20.6. The molecule has 2 unspecified atom stereocenters. The van der Waals surface area contributed by atoms with Gasteiger partial charge in [0.05, 0.1) is 12.8 Å². The molecule has 3 nitrogen and oxygen atoms in total. The highest BCUT2D eigenvalue weighted by atomic mass is 16.5. The van der Waals surface area contributed by atoms with Crippen molar-refractivity contribution in [1.29, 1.82) is 0 Å². The number of hydrogen-bond acceptors (Lipinski definition) is 3. The number of hydrogen-bond donors (Lipinski definition) is 2. The van der Waals surface area contributed by atoms with Crippen LogP contribution in [0.1, 0.15) is 12.5 Å². The topological polar surface area (TPSA) is 47.3 Å². The summed E-state index contributed by atoms with van der Waals surface area (Å²) in [4.78, 5) is 0. The zero-order chi connectivity index (χ0) is 10.8. The van der Waals surface area contributed by atoms with Crippen LogP contribution in [0.4, 0.5) is 5.69 Å². The van der Waals surface area contributed by atoms with E-state index in [2.05, 4.69) is 18.3 Å². The molecule has 1 aliphatic rings. The molecule has 0 aliphatic carbocycles. The fourth-order valence-electron chi connectivity index (χ4n) is 2.06. The van der Waals surface area contributed by atoms with Crippen molar-refractivity contribution >= 4 is 5.69 Å². The summed E-state index contributed by atoms with van der Waals surface area (Å²) in [6.45, 7) is 2.89. The van der Waals surface area contributed by atoms with Crippen molar-refractivity contribution in [2.75, 3.05) is 19.0 Å². The highest BCUT2D eigenvalue weighted by molar-refractivity contribution is 5.66. The monoisotopic (exact) mass is 206 g/mol. The molecule has 0 spiro atoms. The van der Waals surface area contributed by atoms with Gasteiger partial charge in [0.15, 0.2) is 0 Å². The lowest BCUT2D eigenvalue weighted by Gasteiger charge is -2.18. The molecule has 2 rings (SSSR count). The zero-order valence-electron chi connectivity index (χ0n) is 9.29. The van der Waals surface area contributed by atoms with Crippen LogP contribution >= 0.6 is 0 Å². The first-order chi connectivity index (χ1) is 7.26. The first kappa shape index (κ1) is 10.3. The van der Waals surface area contributed by atoms with Crippen molar-refractivity contribution in [3.05, 3.63) is 23.8 Å². The van der Waals surface area contributed by atoms with Crippen LogP contribution in [0.3, 0.4) is 0 Å². The Morgan fingerprint density at radius 1 is 1.60 bits per heavy atom. The summed E-state index contributed by atoms with van der Waals surface area (Å²) in [7, 11) is 1.71. The van der Waals surface area contributed by atoms with Gasteiger partial charge in [0.2, 0.25) is 0 Å². The Morgan fingerprint density at radius 3 is 3.07 bits per heavy atom. The number of anilines is 1. The number of ether oxygens (including phenoxy) is 1. The summed E-state index contributed by atoms with van der Waals surface area (Å²) < 4.78 is 5.33. The number of benzene rings is 1. The highest BCUT2D eigenvalue weighted by Gasteiger charge is 2.26. The molecule has 0 aromatic heterocycles. The lowest BCUT2D eigenvalue weighted by atomic mass is 9.99. The van der Waals surface area contributed by atoms with Crippen molar-refractivity contribution in [3.63, 3.8) is 0 Å². The fourth-order valence-corrected chi connectivity index (χ4v) is 2.06. The van der Waals surface area contributed by atoms with Crippen LogP contribution in [0.5, 0.6) is 5.75 Å². The Balaban J connectivity index is 2.23. The maximum atomic E-state index is 5.69. The van der Waals surface area contributed by atoms with Crippen LogP contribution < -0.4 is 15.8 Å². The second-order valence-corrected chi connectivity index (χ2v) is 4.16. The second kappa shape index (κ2) is 4.11. The van der Waals surface area contributed by atoms with Gasteiger partial charge in [0, 0.05) is 6.04 Å². The molecule has 0 fully saturated rings. The number of rotatable bonds is 3. The van der Waals surface area contributed by atoms with E-state index in [0.717, 1.165) is 17.9 Å². The van der Waals surface area contributed by atoms with Crippen molar-refractivity contribution in [2.45, 2.75) is 19.4 Å². The molecule has 82 valence electrons. The van der Waals surface area contributed by atoms with E-state index in [9.17, 15) is 0 Å². The molecule has 1 aromatic carbocycles. The van der Waals surface area contributed by atoms with E-state index in [1.54, 1.807) is 7.11 Å². The fraction of sp³-hybridized carbons (Fsp3) is 0.500. The first-order valence-electron chi connectivity index (χ1n) is 5.38. The van der Waals surface area contributed by atoms with Crippen molar-refractivity contribution in [3.8, 4) is 5.75 Å². The van der Waals surface area contributed by atoms with Gasteiger partial charge in [-0.25, -0.2) is 0 Å². The molecule has 1 aliphatic heterocycles. The third-order valence-electron chi connectivity index (χ3n) is 3.16. The standard InChI is InChI=1S/C12H18N2O/c1-8(7-13)10-6-9-4-3-5-11(15-2)12(9)14-10/h3-5,8,10,14H,6-7,13H2,1-2H3. The van der Waals surface area contributed by atoms with Crippen LogP contribution in [-0.4, -0.2) is 19.7 Å². The Bertz CT molecular complexity index is 351. The molecule has 0 bridgehead atoms. The van der Waals surface area contributed by atoms with Gasteiger partial charge in [-0.1, -0.05) is 19.1 Å². The van der Waals surface area contributed by atoms with Gasteiger partial charge in [-0.2, -0.15) is 0 Å². The van der Waals surface area contributed by atoms with Gasteiger partial charge < -0.3 is 15.8 Å². The number of fused-ring (bicyclic) bond motifs is 1. The molecule has 15 heavy (non-hydrogen) atoms. The van der Waals surface area contributed by atoms with E-state index in [-0.39, 0.29) is 0 Å². The van der Waals surface area contributed by atoms with Gasteiger partial charge in [-0.15, -0.1) is 0 Å². The van der Waals surface area contributed by atoms with Crippen LogP contribution in [0.2, 0.25) is 0 Å². The molecular formula is C12H18N2O. The number of methoxy groups -OCH3 is 1. The lowest BCUT2D eigenvalue weighted by Crippen LogP contribution is -2.30. The lowest BCUT2D eigenvalue weighted by molar-refractivity contribution is 0.416. The van der Waals surface area contributed by atoms with Crippen LogP contribution in [-0.2, 0) is 6.42 Å². The van der Waals surface area contributed by atoms with Crippen LogP contribution in [0.25, 0.3) is 0 Å². The third kappa shape index (κ3) is 1.79. The Morgan fingerprint density at radius 2 is 2.40 bits per heavy atom. The van der Waals surface area contributed by atoms with E-state index in [1.807, 2.05) is 12.1 Å². The number of nitrogens with one attached hydrogen (secondary N) is 1. The average Bonchev–Trinajstić information content (AvgIpc) is 2.71. The maximum absolute atomic E-state index is 5.69. The average molecular weight is 206 g/mol. The highest BCUT2D eigenvalue weighted by Crippen LogP contribution is 2.36. The van der Waals surface area contributed by atoms with Crippen LogP contribution in [0.15, 0.2) is 18.2 Å². The molecule has 2 atom stereocenters. The summed E-state index contributed by atoms with van der Waals surface area (Å²) in [5.74, 6) is 1.42. The summed E-state index contributed by atoms with van der Waals surface area (Å²) in [6.07, 6.45) is 1.05. The van der Waals surface area contributed by atoms with Crippen LogP contribution in [0, 0.1) is 5.92 Å². The van der Waals surface area contributed by atoms with E-state index in [4.69, 9.17) is 10.5 Å². The maximum Gasteiger partial charge on any atom is 0.142 e. The summed E-state index contributed by atoms with van der Waals surface area (Å²) in [6, 6.07) is 6.62. The van der Waals surface area contributed by atoms with E-state index in [0.29, 0.717) is 18.5 Å². The molecule has 0 amide bonds. The summed E-state index contributed by atoms with van der Waals surface area (Å²) >= 11 is 0. The Kier molecular flexibility index (Phi) is 2.82. The second-order valence-electron chi connectivity index (χ2n) is 4.16. The molecule has 1 heterocycles.